The third-order valence-electron chi connectivity index (χ3n) is 6.97. The minimum absolute atomic E-state index is 0.0453. The van der Waals surface area contributed by atoms with Crippen molar-refractivity contribution in [2.75, 3.05) is 0 Å². The highest BCUT2D eigenvalue weighted by molar-refractivity contribution is 7.86. The summed E-state index contributed by atoms with van der Waals surface area (Å²) in [6, 6.07) is 3.04. The highest BCUT2D eigenvalue weighted by Gasteiger charge is 2.21. The lowest BCUT2D eigenvalue weighted by atomic mass is 10.0. The van der Waals surface area contributed by atoms with Gasteiger partial charge in [0.05, 0.1) is 0 Å². The van der Waals surface area contributed by atoms with Crippen LogP contribution in [0.5, 0.6) is 5.75 Å². The summed E-state index contributed by atoms with van der Waals surface area (Å²) in [6.07, 6.45) is 26.9. The zero-order chi connectivity index (χ0) is 25.1. The van der Waals surface area contributed by atoms with Crippen molar-refractivity contribution >= 4 is 10.1 Å². The van der Waals surface area contributed by atoms with Gasteiger partial charge >= 0.3 is 0 Å². The van der Waals surface area contributed by atoms with E-state index in [0.29, 0.717) is 17.5 Å². The maximum Gasteiger partial charge on any atom is 0.295 e. The number of hydrogen-bond acceptors (Lipinski definition) is 3. The number of rotatable bonds is 22. The van der Waals surface area contributed by atoms with Crippen LogP contribution in [-0.2, 0) is 16.5 Å². The molecule has 0 heterocycles. The molecule has 0 radical (unpaired) electrons. The number of benzene rings is 1. The summed E-state index contributed by atoms with van der Waals surface area (Å²) >= 11 is 0. The molecule has 4 nitrogen and oxygen atoms in total. The standard InChI is InChI=1S/C29H52O4S/c1-3-4-5-6-7-8-9-10-11-12-13-14-15-16-17-18-19-20-21-22-23-27-28(30)25-24-26(2)29(27)34(31,32)33/h24-25,30H,3-23H2,1-2H3,(H,31,32,33). The smallest absolute Gasteiger partial charge is 0.295 e. The second-order valence-corrected chi connectivity index (χ2v) is 11.5. The van der Waals surface area contributed by atoms with Crippen molar-refractivity contribution in [3.63, 3.8) is 0 Å². The Bertz CT molecular complexity index is 743. The van der Waals surface area contributed by atoms with Crippen molar-refractivity contribution in [2.45, 2.75) is 154 Å². The summed E-state index contributed by atoms with van der Waals surface area (Å²) in [4.78, 5) is -0.120. The molecule has 198 valence electrons. The minimum Gasteiger partial charge on any atom is -0.508 e. The molecule has 0 atom stereocenters. The molecule has 0 aliphatic rings. The summed E-state index contributed by atoms with van der Waals surface area (Å²) in [5, 5.41) is 10.1. The van der Waals surface area contributed by atoms with Crippen LogP contribution in [0.2, 0.25) is 0 Å². The fraction of sp³-hybridized carbons (Fsp3) is 0.793. The number of hydrogen-bond donors (Lipinski definition) is 2. The van der Waals surface area contributed by atoms with Gasteiger partial charge in [0.1, 0.15) is 10.6 Å². The molecular formula is C29H52O4S. The number of aromatic hydroxyl groups is 1. The second kappa shape index (κ2) is 19.2. The average molecular weight is 497 g/mol. The van der Waals surface area contributed by atoms with Crippen LogP contribution in [0.3, 0.4) is 0 Å². The van der Waals surface area contributed by atoms with Gasteiger partial charge in [-0.05, 0) is 31.4 Å². The lowest BCUT2D eigenvalue weighted by Gasteiger charge is -2.12. The first-order valence-electron chi connectivity index (χ1n) is 14.2. The molecule has 0 unspecified atom stereocenters. The van der Waals surface area contributed by atoms with Crippen LogP contribution in [0.4, 0.5) is 0 Å². The number of phenolic OH excluding ortho intramolecular Hbond substituents is 1. The summed E-state index contributed by atoms with van der Waals surface area (Å²) in [7, 11) is -4.32. The van der Waals surface area contributed by atoms with E-state index in [0.717, 1.165) is 19.3 Å². The van der Waals surface area contributed by atoms with Crippen molar-refractivity contribution in [1.82, 2.24) is 0 Å². The summed E-state index contributed by atoms with van der Waals surface area (Å²) in [6.45, 7) is 3.92. The van der Waals surface area contributed by atoms with Crippen LogP contribution in [0.25, 0.3) is 0 Å². The molecule has 0 aromatic heterocycles. The van der Waals surface area contributed by atoms with Gasteiger partial charge in [0.25, 0.3) is 10.1 Å². The molecule has 0 aliphatic heterocycles. The third kappa shape index (κ3) is 14.4. The summed E-state index contributed by atoms with van der Waals surface area (Å²) in [5.74, 6) is -0.0453. The molecule has 0 aliphatic carbocycles. The van der Waals surface area contributed by atoms with Crippen molar-refractivity contribution in [3.05, 3.63) is 23.3 Å². The number of aryl methyl sites for hydroxylation is 1. The first kappa shape index (κ1) is 31.0. The molecular weight excluding hydrogens is 444 g/mol. The quantitative estimate of drug-likeness (QED) is 0.124. The van der Waals surface area contributed by atoms with E-state index in [4.69, 9.17) is 0 Å². The maximum atomic E-state index is 11.7. The third-order valence-corrected chi connectivity index (χ3v) is 8.06. The molecule has 1 aromatic rings. The van der Waals surface area contributed by atoms with Gasteiger partial charge in [0.15, 0.2) is 0 Å². The van der Waals surface area contributed by atoms with Gasteiger partial charge < -0.3 is 5.11 Å². The predicted octanol–water partition coefficient (Wildman–Crippen LogP) is 9.31. The van der Waals surface area contributed by atoms with Crippen LogP contribution in [-0.4, -0.2) is 18.1 Å². The van der Waals surface area contributed by atoms with Gasteiger partial charge in [-0.2, -0.15) is 8.42 Å². The van der Waals surface area contributed by atoms with E-state index in [1.54, 1.807) is 6.92 Å². The monoisotopic (exact) mass is 496 g/mol. The largest absolute Gasteiger partial charge is 0.508 e. The van der Waals surface area contributed by atoms with Crippen LogP contribution < -0.4 is 0 Å². The Hall–Kier alpha value is -1.07. The average Bonchev–Trinajstić information content (AvgIpc) is 2.79. The number of unbranched alkanes of at least 4 members (excludes halogenated alkanes) is 19. The molecule has 0 spiro atoms. The molecule has 34 heavy (non-hydrogen) atoms. The van der Waals surface area contributed by atoms with E-state index < -0.39 is 10.1 Å². The van der Waals surface area contributed by atoms with Crippen molar-refractivity contribution in [3.8, 4) is 5.75 Å². The SMILES string of the molecule is CCCCCCCCCCCCCCCCCCCCCCc1c(O)ccc(C)c1S(=O)(=O)O. The number of phenols is 1. The lowest BCUT2D eigenvalue weighted by Crippen LogP contribution is -2.06. The summed E-state index contributed by atoms with van der Waals surface area (Å²) in [5.41, 5.74) is 0.827. The molecule has 0 saturated heterocycles. The van der Waals surface area contributed by atoms with Gasteiger partial charge in [-0.25, -0.2) is 0 Å². The molecule has 2 N–H and O–H groups in total. The van der Waals surface area contributed by atoms with Gasteiger partial charge in [-0.15, -0.1) is 0 Å². The van der Waals surface area contributed by atoms with E-state index in [9.17, 15) is 18.1 Å². The Morgan fingerprint density at radius 3 is 1.32 bits per heavy atom. The molecule has 1 aromatic carbocycles. The van der Waals surface area contributed by atoms with Crippen molar-refractivity contribution < 1.29 is 18.1 Å². The second-order valence-electron chi connectivity index (χ2n) is 10.2. The van der Waals surface area contributed by atoms with Crippen molar-refractivity contribution in [1.29, 1.82) is 0 Å². The van der Waals surface area contributed by atoms with Gasteiger partial charge in [-0.1, -0.05) is 135 Å². The fourth-order valence-electron chi connectivity index (χ4n) is 4.89. The van der Waals surface area contributed by atoms with Gasteiger partial charge in [-0.3, -0.25) is 4.55 Å². The van der Waals surface area contributed by atoms with E-state index in [2.05, 4.69) is 6.92 Å². The molecule has 0 amide bonds. The topological polar surface area (TPSA) is 74.6 Å². The molecule has 0 saturated carbocycles. The molecule has 0 bridgehead atoms. The molecule has 1 rings (SSSR count). The van der Waals surface area contributed by atoms with Crippen LogP contribution >= 0.6 is 0 Å². The van der Waals surface area contributed by atoms with E-state index in [-0.39, 0.29) is 10.6 Å². The Morgan fingerprint density at radius 1 is 0.618 bits per heavy atom. The minimum atomic E-state index is -4.32. The van der Waals surface area contributed by atoms with Gasteiger partial charge in [0, 0.05) is 5.56 Å². The highest BCUT2D eigenvalue weighted by Crippen LogP contribution is 2.30. The van der Waals surface area contributed by atoms with Crippen LogP contribution in [0.1, 0.15) is 146 Å². The molecule has 5 heteroatoms. The van der Waals surface area contributed by atoms with Crippen molar-refractivity contribution in [2.24, 2.45) is 0 Å². The Morgan fingerprint density at radius 2 is 0.971 bits per heavy atom. The first-order valence-corrected chi connectivity index (χ1v) is 15.6. The van der Waals surface area contributed by atoms with Gasteiger partial charge in [0.2, 0.25) is 0 Å². The Balaban J connectivity index is 1.94. The van der Waals surface area contributed by atoms with Crippen LogP contribution in [0.15, 0.2) is 17.0 Å². The Kier molecular flexibility index (Phi) is 17.4. The highest BCUT2D eigenvalue weighted by atomic mass is 32.2. The van der Waals surface area contributed by atoms with Crippen LogP contribution in [0, 0.1) is 6.92 Å². The van der Waals surface area contributed by atoms with E-state index >= 15 is 0 Å². The Labute approximate surface area is 210 Å². The zero-order valence-electron chi connectivity index (χ0n) is 22.1. The predicted molar refractivity (Wildman–Crippen MR) is 144 cm³/mol. The fourth-order valence-corrected chi connectivity index (χ4v) is 5.89. The lowest BCUT2D eigenvalue weighted by molar-refractivity contribution is 0.454. The summed E-state index contributed by atoms with van der Waals surface area (Å²) < 4.78 is 32.9. The first-order chi connectivity index (χ1) is 16.4. The normalized spacial score (nSPS) is 11.9. The molecule has 0 fully saturated rings. The zero-order valence-corrected chi connectivity index (χ0v) is 22.9. The van der Waals surface area contributed by atoms with E-state index in [1.807, 2.05) is 0 Å². The van der Waals surface area contributed by atoms with E-state index in [1.165, 1.54) is 121 Å². The maximum absolute atomic E-state index is 11.7.